The Labute approximate surface area is 113 Å². The predicted octanol–water partition coefficient (Wildman–Crippen LogP) is 0.765. The van der Waals surface area contributed by atoms with Crippen molar-refractivity contribution in [3.8, 4) is 0 Å². The van der Waals surface area contributed by atoms with Gasteiger partial charge in [-0.1, -0.05) is 6.07 Å². The Morgan fingerprint density at radius 1 is 1.50 bits per heavy atom. The summed E-state index contributed by atoms with van der Waals surface area (Å²) in [4.78, 5) is 10.0. The third-order valence-electron chi connectivity index (χ3n) is 2.29. The largest absolute Gasteiger partial charge is 0.369 e. The van der Waals surface area contributed by atoms with E-state index >= 15 is 0 Å². The van der Waals surface area contributed by atoms with Crippen LogP contribution >= 0.6 is 12.2 Å². The Balaban J connectivity index is 2.22. The van der Waals surface area contributed by atoms with E-state index in [9.17, 15) is 0 Å². The van der Waals surface area contributed by atoms with Crippen LogP contribution in [-0.2, 0) is 6.42 Å². The molecule has 0 aromatic carbocycles. The fourth-order valence-corrected chi connectivity index (χ4v) is 1.45. The van der Waals surface area contributed by atoms with Crippen molar-refractivity contribution in [2.24, 2.45) is 10.7 Å². The van der Waals surface area contributed by atoms with Gasteiger partial charge in [-0.25, -0.2) is 0 Å². The summed E-state index contributed by atoms with van der Waals surface area (Å²) in [7, 11) is 3.64. The van der Waals surface area contributed by atoms with Gasteiger partial charge >= 0.3 is 0 Å². The highest BCUT2D eigenvalue weighted by Crippen LogP contribution is 1.97. The standard InChI is InChI=1S/C12H19N5S/c1-17(2)11(13)16-12(18)15-9-5-7-10-6-3-4-8-14-10/h3-4,6,8H,5,7,9H2,1-2H3,(H3,13,15,16,18). The number of pyridine rings is 1. The highest BCUT2D eigenvalue weighted by atomic mass is 32.1. The molecule has 98 valence electrons. The van der Waals surface area contributed by atoms with Crippen LogP contribution < -0.4 is 11.1 Å². The summed E-state index contributed by atoms with van der Waals surface area (Å²) in [5.41, 5.74) is 6.74. The molecule has 0 atom stereocenters. The highest BCUT2D eigenvalue weighted by Gasteiger charge is 1.98. The molecule has 0 radical (unpaired) electrons. The maximum Gasteiger partial charge on any atom is 0.198 e. The van der Waals surface area contributed by atoms with Gasteiger partial charge < -0.3 is 16.0 Å². The van der Waals surface area contributed by atoms with Crippen LogP contribution in [0.15, 0.2) is 29.4 Å². The van der Waals surface area contributed by atoms with Crippen molar-refractivity contribution in [1.29, 1.82) is 0 Å². The van der Waals surface area contributed by atoms with Gasteiger partial charge in [-0.15, -0.1) is 0 Å². The number of aromatic nitrogens is 1. The lowest BCUT2D eigenvalue weighted by Gasteiger charge is -2.11. The van der Waals surface area contributed by atoms with Crippen molar-refractivity contribution in [3.63, 3.8) is 0 Å². The minimum Gasteiger partial charge on any atom is -0.369 e. The van der Waals surface area contributed by atoms with Crippen molar-refractivity contribution >= 4 is 23.3 Å². The SMILES string of the molecule is CN(C)C(N)=NC(=S)NCCCc1ccccn1. The van der Waals surface area contributed by atoms with Crippen LogP contribution in [0.1, 0.15) is 12.1 Å². The van der Waals surface area contributed by atoms with Gasteiger partial charge in [0, 0.05) is 32.5 Å². The predicted molar refractivity (Wildman–Crippen MR) is 78.5 cm³/mol. The molecular weight excluding hydrogens is 246 g/mol. The maximum atomic E-state index is 5.65. The summed E-state index contributed by atoms with van der Waals surface area (Å²) >= 11 is 5.06. The molecule has 18 heavy (non-hydrogen) atoms. The zero-order valence-electron chi connectivity index (χ0n) is 10.8. The number of hydrogen-bond donors (Lipinski definition) is 2. The first-order valence-electron chi connectivity index (χ1n) is 5.79. The van der Waals surface area contributed by atoms with Gasteiger partial charge in [0.25, 0.3) is 0 Å². The first-order valence-corrected chi connectivity index (χ1v) is 6.19. The molecule has 5 nitrogen and oxygen atoms in total. The van der Waals surface area contributed by atoms with E-state index in [4.69, 9.17) is 18.0 Å². The molecule has 0 aliphatic heterocycles. The molecule has 1 aromatic rings. The van der Waals surface area contributed by atoms with Crippen LogP contribution in [0.5, 0.6) is 0 Å². The van der Waals surface area contributed by atoms with Crippen LogP contribution in [-0.4, -0.2) is 41.6 Å². The number of aliphatic imine (C=N–C) groups is 1. The first-order chi connectivity index (χ1) is 8.59. The number of nitrogens with two attached hydrogens (primary N) is 1. The average Bonchev–Trinajstić information content (AvgIpc) is 2.35. The molecule has 0 aliphatic carbocycles. The Kier molecular flexibility index (Phi) is 6.07. The van der Waals surface area contributed by atoms with E-state index < -0.39 is 0 Å². The summed E-state index contributed by atoms with van der Waals surface area (Å²) in [6.07, 6.45) is 3.67. The number of guanidine groups is 1. The van der Waals surface area contributed by atoms with E-state index in [1.807, 2.05) is 32.3 Å². The molecule has 0 aliphatic rings. The monoisotopic (exact) mass is 265 g/mol. The molecule has 3 N–H and O–H groups in total. The second-order valence-electron chi connectivity index (χ2n) is 4.02. The van der Waals surface area contributed by atoms with Crippen molar-refractivity contribution < 1.29 is 0 Å². The fraction of sp³-hybridized carbons (Fsp3) is 0.417. The molecule has 1 heterocycles. The summed E-state index contributed by atoms with van der Waals surface area (Å²) in [6.45, 7) is 0.764. The summed E-state index contributed by atoms with van der Waals surface area (Å²) in [6, 6.07) is 5.92. The van der Waals surface area contributed by atoms with E-state index in [2.05, 4.69) is 15.3 Å². The second kappa shape index (κ2) is 7.60. The molecule has 0 bridgehead atoms. The first kappa shape index (κ1) is 14.4. The molecule has 6 heteroatoms. The topological polar surface area (TPSA) is 66.5 Å². The highest BCUT2D eigenvalue weighted by molar-refractivity contribution is 7.80. The van der Waals surface area contributed by atoms with E-state index in [0.717, 1.165) is 25.1 Å². The molecule has 0 spiro atoms. The van der Waals surface area contributed by atoms with Crippen LogP contribution in [0.2, 0.25) is 0 Å². The minimum absolute atomic E-state index is 0.400. The van der Waals surface area contributed by atoms with Gasteiger partial charge in [-0.05, 0) is 37.2 Å². The number of hydrogen-bond acceptors (Lipinski definition) is 2. The van der Waals surface area contributed by atoms with Crippen molar-refractivity contribution in [3.05, 3.63) is 30.1 Å². The molecule has 0 saturated carbocycles. The summed E-state index contributed by atoms with van der Waals surface area (Å²) in [5, 5.41) is 3.47. The Morgan fingerprint density at radius 2 is 2.28 bits per heavy atom. The summed E-state index contributed by atoms with van der Waals surface area (Å²) in [5.74, 6) is 0.400. The molecule has 0 saturated heterocycles. The summed E-state index contributed by atoms with van der Waals surface area (Å²) < 4.78 is 0. The number of thiocarbonyl (C=S) groups is 1. The number of rotatable bonds is 4. The van der Waals surface area contributed by atoms with Crippen LogP contribution in [0.3, 0.4) is 0 Å². The lowest BCUT2D eigenvalue weighted by Crippen LogP contribution is -2.33. The Hall–Kier alpha value is -1.69. The maximum absolute atomic E-state index is 5.65. The Bertz CT molecular complexity index is 402. The Morgan fingerprint density at radius 3 is 2.89 bits per heavy atom. The quantitative estimate of drug-likeness (QED) is 0.364. The molecule has 0 unspecified atom stereocenters. The van der Waals surface area contributed by atoms with Gasteiger partial charge in [0.2, 0.25) is 0 Å². The molecule has 1 rings (SSSR count). The number of nitrogens with one attached hydrogen (secondary N) is 1. The molecule has 0 fully saturated rings. The van der Waals surface area contributed by atoms with Crippen molar-refractivity contribution in [1.82, 2.24) is 15.2 Å². The van der Waals surface area contributed by atoms with Gasteiger partial charge in [-0.2, -0.15) is 4.99 Å². The third kappa shape index (κ3) is 5.58. The zero-order valence-corrected chi connectivity index (χ0v) is 11.6. The average molecular weight is 265 g/mol. The molecule has 0 amide bonds. The van der Waals surface area contributed by atoms with Crippen molar-refractivity contribution in [2.75, 3.05) is 20.6 Å². The zero-order chi connectivity index (χ0) is 13.4. The number of aryl methyl sites for hydroxylation is 1. The normalized spacial score (nSPS) is 11.1. The van der Waals surface area contributed by atoms with Gasteiger partial charge in [-0.3, -0.25) is 4.98 Å². The molecule has 1 aromatic heterocycles. The molecular formula is C12H19N5S. The second-order valence-corrected chi connectivity index (χ2v) is 4.41. The lowest BCUT2D eigenvalue weighted by atomic mass is 10.2. The van der Waals surface area contributed by atoms with Crippen LogP contribution in [0, 0.1) is 0 Å². The van der Waals surface area contributed by atoms with Crippen LogP contribution in [0.25, 0.3) is 0 Å². The fourth-order valence-electron chi connectivity index (χ4n) is 1.25. The number of nitrogens with zero attached hydrogens (tertiary/aromatic N) is 3. The van der Waals surface area contributed by atoms with E-state index in [-0.39, 0.29) is 0 Å². The van der Waals surface area contributed by atoms with Gasteiger partial charge in [0.05, 0.1) is 0 Å². The van der Waals surface area contributed by atoms with E-state index in [1.54, 1.807) is 11.1 Å². The third-order valence-corrected chi connectivity index (χ3v) is 2.52. The van der Waals surface area contributed by atoms with E-state index in [0.29, 0.717) is 11.1 Å². The van der Waals surface area contributed by atoms with Crippen molar-refractivity contribution in [2.45, 2.75) is 12.8 Å². The minimum atomic E-state index is 0.400. The van der Waals surface area contributed by atoms with E-state index in [1.165, 1.54) is 0 Å². The van der Waals surface area contributed by atoms with Gasteiger partial charge in [0.1, 0.15) is 0 Å². The lowest BCUT2D eigenvalue weighted by molar-refractivity contribution is 0.615. The van der Waals surface area contributed by atoms with Gasteiger partial charge in [0.15, 0.2) is 11.1 Å². The van der Waals surface area contributed by atoms with Crippen LogP contribution in [0.4, 0.5) is 0 Å². The smallest absolute Gasteiger partial charge is 0.198 e.